The highest BCUT2D eigenvalue weighted by atomic mass is 28.4. The van der Waals surface area contributed by atoms with Gasteiger partial charge in [0.2, 0.25) is 0 Å². The molecule has 0 aromatic carbocycles. The Balaban J connectivity index is 7.17. The molecule has 0 heterocycles. The number of rotatable bonds is 10. The van der Waals surface area contributed by atoms with E-state index in [1.165, 1.54) is 0 Å². The van der Waals surface area contributed by atoms with Crippen molar-refractivity contribution in [3.05, 3.63) is 12.2 Å². The average molecular weight is 618 g/mol. The third-order valence-corrected chi connectivity index (χ3v) is 5.78. The maximum Gasteiger partial charge on any atom is 0.603 e. The van der Waals surface area contributed by atoms with Crippen molar-refractivity contribution >= 4 is 14.8 Å². The second-order valence-corrected chi connectivity index (χ2v) is 8.53. The van der Waals surface area contributed by atoms with Crippen molar-refractivity contribution in [2.75, 3.05) is 0 Å². The van der Waals surface area contributed by atoms with E-state index in [0.717, 1.165) is 0 Å². The lowest BCUT2D eigenvalue weighted by atomic mass is 10.1. The minimum Gasteiger partial charge on any atom is -0.393 e. The molecule has 0 aliphatic rings. The lowest BCUT2D eigenvalue weighted by molar-refractivity contribution is -0.456. The lowest BCUT2D eigenvalue weighted by Gasteiger charge is -2.41. The minimum absolute atomic E-state index is 0.356. The van der Waals surface area contributed by atoms with Crippen LogP contribution in [0.5, 0.6) is 0 Å². The van der Waals surface area contributed by atoms with Gasteiger partial charge >= 0.3 is 63.3 Å². The Hall–Kier alpha value is -2.02. The van der Waals surface area contributed by atoms with Crippen LogP contribution in [0.4, 0.5) is 83.4 Å². The molecule has 0 bridgehead atoms. The van der Waals surface area contributed by atoms with Crippen LogP contribution >= 0.6 is 0 Å². The Kier molecular flexibility index (Phi) is 9.09. The van der Waals surface area contributed by atoms with Crippen LogP contribution in [0.15, 0.2) is 12.2 Å². The number of alkyl halides is 19. The summed E-state index contributed by atoms with van der Waals surface area (Å²) in [6.07, 6.45) is -38.2. The standard InChI is InChI=1S/C12H5F19O5Si/c1-3(2)4(32)33-8(20,21)5(13,14)6(15,16)9(22,23)34-37(35-11(26,27)28,36-12(29,30)31)10(24,25)7(17,18)19/h1H2,2H3. The van der Waals surface area contributed by atoms with Gasteiger partial charge in [0.05, 0.1) is 0 Å². The zero-order valence-electron chi connectivity index (χ0n) is 16.4. The van der Waals surface area contributed by atoms with E-state index in [-0.39, 0.29) is 0 Å². The normalized spacial score (nSPS) is 15.6. The van der Waals surface area contributed by atoms with Crippen LogP contribution in [0.25, 0.3) is 0 Å². The summed E-state index contributed by atoms with van der Waals surface area (Å²) in [5.41, 5.74) is -9.47. The highest BCUT2D eigenvalue weighted by Crippen LogP contribution is 2.57. The Morgan fingerprint density at radius 2 is 0.919 bits per heavy atom. The molecular formula is C12H5F19O5Si. The SMILES string of the molecule is C=C(C)C(=O)OC(F)(F)C(F)(F)C(F)(F)C(F)(F)O[Si](OC(F)(F)F)(OC(F)(F)F)C(F)(F)C(F)(F)F. The van der Waals surface area contributed by atoms with E-state index in [9.17, 15) is 88.2 Å². The van der Waals surface area contributed by atoms with Gasteiger partial charge in [-0.05, 0) is 6.92 Å². The van der Waals surface area contributed by atoms with Crippen molar-refractivity contribution in [2.45, 2.75) is 55.4 Å². The second-order valence-electron chi connectivity index (χ2n) is 6.18. The van der Waals surface area contributed by atoms with Crippen LogP contribution in [0.3, 0.4) is 0 Å². The number of carbonyl (C=O) groups excluding carboxylic acids is 1. The monoisotopic (exact) mass is 618 g/mol. The fourth-order valence-electron chi connectivity index (χ4n) is 1.60. The van der Waals surface area contributed by atoms with Crippen LogP contribution < -0.4 is 0 Å². The third-order valence-electron chi connectivity index (χ3n) is 3.20. The molecule has 0 spiro atoms. The number of hydrogen-bond donors (Lipinski definition) is 0. The molecule has 0 aliphatic heterocycles. The topological polar surface area (TPSA) is 54.0 Å². The summed E-state index contributed by atoms with van der Waals surface area (Å²) in [6.45, 7) is 2.81. The maximum atomic E-state index is 13.8. The quantitative estimate of drug-likeness (QED) is 0.124. The molecule has 0 atom stereocenters. The number of esters is 1. The fraction of sp³-hybridized carbons (Fsp3) is 0.750. The van der Waals surface area contributed by atoms with Gasteiger partial charge in [0.25, 0.3) is 0 Å². The van der Waals surface area contributed by atoms with Gasteiger partial charge in [0, 0.05) is 5.57 Å². The number of ether oxygens (including phenoxy) is 1. The summed E-state index contributed by atoms with van der Waals surface area (Å²) in [7, 11) is -10.0. The summed E-state index contributed by atoms with van der Waals surface area (Å²) in [4.78, 5) is 10.9. The molecule has 0 saturated heterocycles. The highest BCUT2D eigenvalue weighted by molar-refractivity contribution is 6.64. The van der Waals surface area contributed by atoms with Crippen LogP contribution in [0.2, 0.25) is 0 Å². The van der Waals surface area contributed by atoms with Gasteiger partial charge in [-0.2, -0.15) is 57.1 Å². The third kappa shape index (κ3) is 7.09. The first-order valence-corrected chi connectivity index (χ1v) is 9.51. The molecule has 0 aliphatic carbocycles. The summed E-state index contributed by atoms with van der Waals surface area (Å²) >= 11 is 0. The molecule has 0 saturated carbocycles. The molecule has 5 nitrogen and oxygen atoms in total. The van der Waals surface area contributed by atoms with Crippen molar-refractivity contribution < 1.29 is 106 Å². The van der Waals surface area contributed by atoms with E-state index in [2.05, 4.69) is 11.3 Å². The summed E-state index contributed by atoms with van der Waals surface area (Å²) in [6, 6.07) is 0. The molecule has 0 N–H and O–H groups in total. The molecule has 0 amide bonds. The second kappa shape index (κ2) is 9.62. The van der Waals surface area contributed by atoms with Gasteiger partial charge in [-0.25, -0.2) is 4.79 Å². The van der Waals surface area contributed by atoms with E-state index in [0.29, 0.717) is 6.92 Å². The average Bonchev–Trinajstić information content (AvgIpc) is 2.55. The zero-order chi connectivity index (χ0) is 30.5. The molecule has 0 radical (unpaired) electrons. The largest absolute Gasteiger partial charge is 0.603 e. The summed E-state index contributed by atoms with van der Waals surface area (Å²) < 4.78 is 255. The van der Waals surface area contributed by atoms with Gasteiger partial charge < -0.3 is 9.16 Å². The van der Waals surface area contributed by atoms with Gasteiger partial charge in [0.15, 0.2) is 0 Å². The molecule has 220 valence electrons. The summed E-state index contributed by atoms with van der Waals surface area (Å²) in [5, 5.41) is 0. The zero-order valence-corrected chi connectivity index (χ0v) is 17.4. The molecule has 37 heavy (non-hydrogen) atoms. The first-order chi connectivity index (χ1) is 15.7. The van der Waals surface area contributed by atoms with Crippen LogP contribution in [-0.4, -0.2) is 63.3 Å². The molecule has 0 rings (SSSR count). The van der Waals surface area contributed by atoms with Crippen molar-refractivity contribution in [1.29, 1.82) is 0 Å². The molecule has 25 heteroatoms. The molecule has 0 fully saturated rings. The van der Waals surface area contributed by atoms with Crippen molar-refractivity contribution in [2.24, 2.45) is 0 Å². The minimum atomic E-state index is -10.0. The van der Waals surface area contributed by atoms with E-state index in [1.54, 1.807) is 13.3 Å². The van der Waals surface area contributed by atoms with E-state index >= 15 is 0 Å². The lowest BCUT2D eigenvalue weighted by Crippen LogP contribution is -2.74. The maximum absolute atomic E-state index is 13.8. The number of hydrogen-bond acceptors (Lipinski definition) is 5. The molecular weight excluding hydrogens is 613 g/mol. The number of halogens is 19. The van der Waals surface area contributed by atoms with E-state index in [4.69, 9.17) is 0 Å². The Morgan fingerprint density at radius 1 is 0.595 bits per heavy atom. The van der Waals surface area contributed by atoms with E-state index in [1.807, 2.05) is 0 Å². The smallest absolute Gasteiger partial charge is 0.393 e. The van der Waals surface area contributed by atoms with Gasteiger partial charge in [-0.15, -0.1) is 26.3 Å². The van der Waals surface area contributed by atoms with Crippen LogP contribution in [-0.2, 0) is 22.8 Å². The predicted octanol–water partition coefficient (Wildman–Crippen LogP) is 6.33. The Morgan fingerprint density at radius 3 is 1.19 bits per heavy atom. The van der Waals surface area contributed by atoms with Gasteiger partial charge in [-0.1, -0.05) is 6.58 Å². The molecule has 0 aromatic rings. The van der Waals surface area contributed by atoms with Crippen molar-refractivity contribution in [3.8, 4) is 0 Å². The Bertz CT molecular complexity index is 841. The highest BCUT2D eigenvalue weighted by Gasteiger charge is 2.90. The van der Waals surface area contributed by atoms with Gasteiger partial charge in [-0.3, -0.25) is 8.85 Å². The Labute approximate surface area is 190 Å². The summed E-state index contributed by atoms with van der Waals surface area (Å²) in [5.74, 6) is -19.2. The van der Waals surface area contributed by atoms with Crippen molar-refractivity contribution in [1.82, 2.24) is 0 Å². The molecule has 0 aromatic heterocycles. The number of carbonyl (C=O) groups is 1. The predicted molar refractivity (Wildman–Crippen MR) is 72.8 cm³/mol. The van der Waals surface area contributed by atoms with Crippen LogP contribution in [0.1, 0.15) is 6.92 Å². The fourth-order valence-corrected chi connectivity index (χ4v) is 3.53. The van der Waals surface area contributed by atoms with E-state index < -0.39 is 68.9 Å². The van der Waals surface area contributed by atoms with Gasteiger partial charge in [0.1, 0.15) is 0 Å². The van der Waals surface area contributed by atoms with Crippen molar-refractivity contribution in [3.63, 3.8) is 0 Å². The first-order valence-electron chi connectivity index (χ1n) is 7.78. The van der Waals surface area contributed by atoms with Crippen LogP contribution in [0, 0.1) is 0 Å². The molecule has 0 unspecified atom stereocenters. The first kappa shape index (κ1) is 35.0.